The van der Waals surface area contributed by atoms with Gasteiger partial charge >= 0.3 is 0 Å². The Morgan fingerprint density at radius 1 is 1.40 bits per heavy atom. The van der Waals surface area contributed by atoms with Gasteiger partial charge in [0.05, 0.1) is 6.54 Å². The van der Waals surface area contributed by atoms with Crippen LogP contribution in [0.1, 0.15) is 51.2 Å². The van der Waals surface area contributed by atoms with Gasteiger partial charge in [0.15, 0.2) is 5.82 Å². The molecule has 20 heavy (non-hydrogen) atoms. The van der Waals surface area contributed by atoms with E-state index in [4.69, 9.17) is 4.52 Å². The minimum Gasteiger partial charge on any atom is -0.338 e. The number of aromatic nitrogens is 2. The van der Waals surface area contributed by atoms with Crippen molar-refractivity contribution in [2.45, 2.75) is 58.5 Å². The summed E-state index contributed by atoms with van der Waals surface area (Å²) < 4.78 is 5.40. The van der Waals surface area contributed by atoms with Gasteiger partial charge in [-0.1, -0.05) is 25.4 Å². The first-order valence-corrected chi connectivity index (χ1v) is 7.89. The molecule has 1 atom stereocenters. The standard InChI is InChI=1S/C15H28N4O/c1-12(2)10-14-17-15(20-18-14)11-19-9-5-4-6-13(19)7-8-16-3/h12-13,16H,4-11H2,1-3H3. The van der Waals surface area contributed by atoms with Gasteiger partial charge in [0.2, 0.25) is 5.89 Å². The molecule has 1 N–H and O–H groups in total. The van der Waals surface area contributed by atoms with E-state index in [1.54, 1.807) is 0 Å². The Kier molecular flexibility index (Phi) is 5.98. The topological polar surface area (TPSA) is 54.2 Å². The van der Waals surface area contributed by atoms with Crippen molar-refractivity contribution in [1.82, 2.24) is 20.4 Å². The van der Waals surface area contributed by atoms with Gasteiger partial charge in [0.25, 0.3) is 0 Å². The second kappa shape index (κ2) is 7.74. The fourth-order valence-electron chi connectivity index (χ4n) is 2.88. The van der Waals surface area contributed by atoms with Crippen molar-refractivity contribution in [2.24, 2.45) is 5.92 Å². The first kappa shape index (κ1) is 15.4. The summed E-state index contributed by atoms with van der Waals surface area (Å²) in [6.07, 6.45) is 6.00. The highest BCUT2D eigenvalue weighted by molar-refractivity contribution is 4.89. The third-order valence-corrected chi connectivity index (χ3v) is 3.92. The zero-order valence-corrected chi connectivity index (χ0v) is 13.1. The maximum Gasteiger partial charge on any atom is 0.240 e. The molecule has 0 aliphatic carbocycles. The summed E-state index contributed by atoms with van der Waals surface area (Å²) >= 11 is 0. The minimum absolute atomic E-state index is 0.568. The van der Waals surface area contributed by atoms with Crippen LogP contribution in [-0.4, -0.2) is 41.2 Å². The van der Waals surface area contributed by atoms with E-state index in [0.717, 1.165) is 37.8 Å². The van der Waals surface area contributed by atoms with Crippen molar-refractivity contribution in [2.75, 3.05) is 20.1 Å². The molecule has 0 spiro atoms. The first-order valence-electron chi connectivity index (χ1n) is 7.89. The molecule has 1 aromatic heterocycles. The lowest BCUT2D eigenvalue weighted by molar-refractivity contribution is 0.117. The Labute approximate surface area is 122 Å². The van der Waals surface area contributed by atoms with Crippen molar-refractivity contribution in [1.29, 1.82) is 0 Å². The number of piperidine rings is 1. The molecule has 2 heterocycles. The molecule has 1 fully saturated rings. The minimum atomic E-state index is 0.568. The lowest BCUT2D eigenvalue weighted by atomic mass is 9.99. The lowest BCUT2D eigenvalue weighted by Crippen LogP contribution is -2.40. The Balaban J connectivity index is 1.90. The average molecular weight is 280 g/mol. The summed E-state index contributed by atoms with van der Waals surface area (Å²) in [5.74, 6) is 2.19. The molecule has 1 unspecified atom stereocenters. The normalized spacial score (nSPS) is 20.7. The van der Waals surface area contributed by atoms with Crippen LogP contribution in [0.3, 0.4) is 0 Å². The SMILES string of the molecule is CNCCC1CCCCN1Cc1nc(CC(C)C)no1. The number of nitrogens with zero attached hydrogens (tertiary/aromatic N) is 3. The maximum absolute atomic E-state index is 5.40. The molecule has 2 rings (SSSR count). The van der Waals surface area contributed by atoms with Crippen molar-refractivity contribution < 1.29 is 4.52 Å². The van der Waals surface area contributed by atoms with E-state index in [-0.39, 0.29) is 0 Å². The predicted molar refractivity (Wildman–Crippen MR) is 79.4 cm³/mol. The third-order valence-electron chi connectivity index (χ3n) is 3.92. The summed E-state index contributed by atoms with van der Waals surface area (Å²) in [5, 5.41) is 7.33. The van der Waals surface area contributed by atoms with Crippen LogP contribution in [0.2, 0.25) is 0 Å². The van der Waals surface area contributed by atoms with Crippen LogP contribution in [-0.2, 0) is 13.0 Å². The monoisotopic (exact) mass is 280 g/mol. The first-order chi connectivity index (χ1) is 9.69. The summed E-state index contributed by atoms with van der Waals surface area (Å²) in [7, 11) is 2.02. The van der Waals surface area contributed by atoms with Gasteiger partial charge in [-0.05, 0) is 45.3 Å². The molecule has 0 saturated carbocycles. The summed E-state index contributed by atoms with van der Waals surface area (Å²) in [6.45, 7) is 7.38. The van der Waals surface area contributed by atoms with Gasteiger partial charge in [-0.25, -0.2) is 0 Å². The molecule has 0 aromatic carbocycles. The van der Waals surface area contributed by atoms with Crippen molar-refractivity contribution in [3.63, 3.8) is 0 Å². The van der Waals surface area contributed by atoms with Gasteiger partial charge in [-0.15, -0.1) is 0 Å². The molecule has 1 saturated heterocycles. The van der Waals surface area contributed by atoms with E-state index in [2.05, 4.69) is 34.2 Å². The number of rotatable bonds is 7. The van der Waals surface area contributed by atoms with E-state index < -0.39 is 0 Å². The smallest absolute Gasteiger partial charge is 0.240 e. The molecule has 1 aromatic rings. The molecule has 1 aliphatic rings. The van der Waals surface area contributed by atoms with E-state index in [9.17, 15) is 0 Å². The highest BCUT2D eigenvalue weighted by atomic mass is 16.5. The second-order valence-electron chi connectivity index (χ2n) is 6.21. The molecule has 114 valence electrons. The molecule has 0 amide bonds. The molecule has 5 nitrogen and oxygen atoms in total. The van der Waals surface area contributed by atoms with E-state index in [1.807, 2.05) is 7.05 Å². The highest BCUT2D eigenvalue weighted by Gasteiger charge is 2.23. The van der Waals surface area contributed by atoms with Crippen LogP contribution in [0.25, 0.3) is 0 Å². The molecule has 1 aliphatic heterocycles. The molecule has 5 heteroatoms. The zero-order chi connectivity index (χ0) is 14.4. The van der Waals surface area contributed by atoms with Gasteiger partial charge in [-0.3, -0.25) is 4.90 Å². The van der Waals surface area contributed by atoms with E-state index in [0.29, 0.717) is 12.0 Å². The Hall–Kier alpha value is -0.940. The van der Waals surface area contributed by atoms with Crippen LogP contribution < -0.4 is 5.32 Å². The fraction of sp³-hybridized carbons (Fsp3) is 0.867. The maximum atomic E-state index is 5.40. The van der Waals surface area contributed by atoms with Crippen molar-refractivity contribution in [3.8, 4) is 0 Å². The van der Waals surface area contributed by atoms with Crippen molar-refractivity contribution in [3.05, 3.63) is 11.7 Å². The highest BCUT2D eigenvalue weighted by Crippen LogP contribution is 2.21. The summed E-state index contributed by atoms with van der Waals surface area (Å²) in [5.41, 5.74) is 0. The largest absolute Gasteiger partial charge is 0.338 e. The number of nitrogens with one attached hydrogen (secondary N) is 1. The lowest BCUT2D eigenvalue weighted by Gasteiger charge is -2.34. The molecular weight excluding hydrogens is 252 g/mol. The molecule has 0 bridgehead atoms. The van der Waals surface area contributed by atoms with Crippen LogP contribution in [0, 0.1) is 5.92 Å². The number of likely N-dealkylation sites (tertiary alicyclic amines) is 1. The van der Waals surface area contributed by atoms with Crippen LogP contribution >= 0.6 is 0 Å². The third kappa shape index (κ3) is 4.56. The van der Waals surface area contributed by atoms with Crippen molar-refractivity contribution >= 4 is 0 Å². The van der Waals surface area contributed by atoms with Crippen LogP contribution in [0.5, 0.6) is 0 Å². The number of hydrogen-bond acceptors (Lipinski definition) is 5. The molecule has 0 radical (unpaired) electrons. The summed E-state index contributed by atoms with van der Waals surface area (Å²) in [6, 6.07) is 0.650. The van der Waals surface area contributed by atoms with Gasteiger partial charge in [0.1, 0.15) is 0 Å². The zero-order valence-electron chi connectivity index (χ0n) is 13.1. The average Bonchev–Trinajstić information content (AvgIpc) is 2.84. The van der Waals surface area contributed by atoms with E-state index >= 15 is 0 Å². The van der Waals surface area contributed by atoms with E-state index in [1.165, 1.54) is 25.7 Å². The quantitative estimate of drug-likeness (QED) is 0.830. The predicted octanol–water partition coefficient (Wildman–Crippen LogP) is 2.23. The van der Waals surface area contributed by atoms with Gasteiger partial charge in [0, 0.05) is 12.5 Å². The van der Waals surface area contributed by atoms with Gasteiger partial charge < -0.3 is 9.84 Å². The Morgan fingerprint density at radius 3 is 3.00 bits per heavy atom. The Morgan fingerprint density at radius 2 is 2.25 bits per heavy atom. The molecular formula is C15H28N4O. The number of hydrogen-bond donors (Lipinski definition) is 1. The van der Waals surface area contributed by atoms with Crippen LogP contribution in [0.15, 0.2) is 4.52 Å². The second-order valence-corrected chi connectivity index (χ2v) is 6.21. The van der Waals surface area contributed by atoms with Gasteiger partial charge in [-0.2, -0.15) is 4.98 Å². The Bertz CT molecular complexity index is 391. The fourth-order valence-corrected chi connectivity index (χ4v) is 2.88. The van der Waals surface area contributed by atoms with Crippen LogP contribution in [0.4, 0.5) is 0 Å². The summed E-state index contributed by atoms with van der Waals surface area (Å²) in [4.78, 5) is 7.03.